The molecule has 2 aromatic rings. The van der Waals surface area contributed by atoms with Gasteiger partial charge in [0.1, 0.15) is 5.75 Å². The summed E-state index contributed by atoms with van der Waals surface area (Å²) in [7, 11) is -3.34. The fraction of sp³-hybridized carbons (Fsp3) is 0.278. The molecular weight excluding hydrogens is 362 g/mol. The molecule has 0 aliphatic heterocycles. The summed E-state index contributed by atoms with van der Waals surface area (Å²) >= 11 is 5.89. The number of carbonyl (C=O) groups is 1. The smallest absolute Gasteiger partial charge is 0.251 e. The predicted octanol–water partition coefficient (Wildman–Crippen LogP) is 3.25. The van der Waals surface area contributed by atoms with E-state index in [9.17, 15) is 13.2 Å². The van der Waals surface area contributed by atoms with E-state index < -0.39 is 9.84 Å². The van der Waals surface area contributed by atoms with E-state index in [1.165, 1.54) is 12.1 Å². The van der Waals surface area contributed by atoms with Crippen LogP contribution in [-0.4, -0.2) is 33.7 Å². The molecule has 0 atom stereocenters. The number of nitrogens with one attached hydrogen (secondary N) is 1. The number of rotatable bonds is 7. The summed E-state index contributed by atoms with van der Waals surface area (Å²) in [5, 5.41) is 3.41. The highest BCUT2D eigenvalue weighted by Gasteiger charge is 2.11. The lowest BCUT2D eigenvalue weighted by Gasteiger charge is -2.10. The molecule has 0 saturated carbocycles. The van der Waals surface area contributed by atoms with Gasteiger partial charge >= 0.3 is 0 Å². The molecule has 7 heteroatoms. The van der Waals surface area contributed by atoms with Crippen molar-refractivity contribution >= 4 is 27.3 Å². The van der Waals surface area contributed by atoms with Crippen molar-refractivity contribution in [2.75, 3.05) is 19.4 Å². The van der Waals surface area contributed by atoms with Gasteiger partial charge in [0.05, 0.1) is 11.5 Å². The SMILES string of the molecule is Cc1cc(Cl)ccc1OCCCNC(=O)c1cccc(S(C)(=O)=O)c1. The van der Waals surface area contributed by atoms with Crippen molar-refractivity contribution in [1.29, 1.82) is 0 Å². The van der Waals surface area contributed by atoms with Crippen molar-refractivity contribution in [3.05, 3.63) is 58.6 Å². The molecule has 25 heavy (non-hydrogen) atoms. The fourth-order valence-corrected chi connectivity index (χ4v) is 3.09. The molecule has 0 fully saturated rings. The third-order valence-electron chi connectivity index (χ3n) is 3.53. The number of amides is 1. The Balaban J connectivity index is 1.81. The predicted molar refractivity (Wildman–Crippen MR) is 98.2 cm³/mol. The van der Waals surface area contributed by atoms with Crippen LogP contribution >= 0.6 is 11.6 Å². The second-order valence-electron chi connectivity index (χ2n) is 5.67. The number of halogens is 1. The van der Waals surface area contributed by atoms with Crippen LogP contribution in [0.3, 0.4) is 0 Å². The molecule has 1 N–H and O–H groups in total. The molecular formula is C18H20ClNO4S. The lowest BCUT2D eigenvalue weighted by Crippen LogP contribution is -2.25. The van der Waals surface area contributed by atoms with Gasteiger partial charge in [0.25, 0.3) is 5.91 Å². The summed E-state index contributed by atoms with van der Waals surface area (Å²) in [6.07, 6.45) is 1.74. The molecule has 0 saturated heterocycles. The highest BCUT2D eigenvalue weighted by Crippen LogP contribution is 2.21. The third kappa shape index (κ3) is 5.76. The first-order valence-corrected chi connectivity index (χ1v) is 10.0. The molecule has 134 valence electrons. The molecule has 0 bridgehead atoms. The van der Waals surface area contributed by atoms with Crippen molar-refractivity contribution < 1.29 is 17.9 Å². The Morgan fingerprint density at radius 2 is 1.96 bits per heavy atom. The van der Waals surface area contributed by atoms with E-state index in [1.807, 2.05) is 19.1 Å². The lowest BCUT2D eigenvalue weighted by molar-refractivity contribution is 0.0951. The minimum absolute atomic E-state index is 0.127. The third-order valence-corrected chi connectivity index (χ3v) is 4.87. The lowest BCUT2D eigenvalue weighted by atomic mass is 10.2. The molecule has 0 radical (unpaired) electrons. The topological polar surface area (TPSA) is 72.5 Å². The Bertz CT molecular complexity index is 865. The zero-order valence-electron chi connectivity index (χ0n) is 14.1. The number of benzene rings is 2. The standard InChI is InChI=1S/C18H20ClNO4S/c1-13-11-15(19)7-8-17(13)24-10-4-9-20-18(21)14-5-3-6-16(12-14)25(2,22)23/h3,5-8,11-12H,4,9-10H2,1-2H3,(H,20,21). The van der Waals surface area contributed by atoms with Crippen LogP contribution < -0.4 is 10.1 Å². The number of hydrogen-bond donors (Lipinski definition) is 1. The first-order valence-electron chi connectivity index (χ1n) is 7.74. The zero-order chi connectivity index (χ0) is 18.4. The first-order chi connectivity index (χ1) is 11.8. The van der Waals surface area contributed by atoms with Gasteiger partial charge in [0, 0.05) is 23.4 Å². The van der Waals surface area contributed by atoms with Crippen LogP contribution in [0, 0.1) is 6.92 Å². The number of ether oxygens (including phenoxy) is 1. The molecule has 0 spiro atoms. The van der Waals surface area contributed by atoms with Crippen molar-refractivity contribution in [3.8, 4) is 5.75 Å². The maximum atomic E-state index is 12.1. The van der Waals surface area contributed by atoms with Crippen LogP contribution in [0.2, 0.25) is 5.02 Å². The van der Waals surface area contributed by atoms with Crippen LogP contribution in [0.15, 0.2) is 47.4 Å². The van der Waals surface area contributed by atoms with Gasteiger partial charge in [0.2, 0.25) is 0 Å². The summed E-state index contributed by atoms with van der Waals surface area (Å²) in [4.78, 5) is 12.2. The summed E-state index contributed by atoms with van der Waals surface area (Å²) in [5.74, 6) is 0.449. The molecule has 2 rings (SSSR count). The summed E-state index contributed by atoms with van der Waals surface area (Å²) < 4.78 is 28.7. The highest BCUT2D eigenvalue weighted by atomic mass is 35.5. The van der Waals surface area contributed by atoms with Gasteiger partial charge in [-0.1, -0.05) is 17.7 Å². The van der Waals surface area contributed by atoms with Crippen molar-refractivity contribution in [1.82, 2.24) is 5.32 Å². The van der Waals surface area contributed by atoms with Gasteiger partial charge < -0.3 is 10.1 Å². The Labute approximate surface area is 152 Å². The Morgan fingerprint density at radius 3 is 2.64 bits per heavy atom. The fourth-order valence-electron chi connectivity index (χ4n) is 2.20. The summed E-state index contributed by atoms with van der Waals surface area (Å²) in [5.41, 5.74) is 1.27. The van der Waals surface area contributed by atoms with Crippen LogP contribution in [0.1, 0.15) is 22.3 Å². The number of carbonyl (C=O) groups excluding carboxylic acids is 1. The molecule has 0 heterocycles. The Kier molecular flexibility index (Phi) is 6.45. The molecule has 1 amide bonds. The molecule has 0 unspecified atom stereocenters. The van der Waals surface area contributed by atoms with E-state index in [-0.39, 0.29) is 10.8 Å². The maximum absolute atomic E-state index is 12.1. The van der Waals surface area contributed by atoms with Crippen LogP contribution in [0.25, 0.3) is 0 Å². The quantitative estimate of drug-likeness (QED) is 0.747. The van der Waals surface area contributed by atoms with Gasteiger partial charge in [-0.2, -0.15) is 0 Å². The largest absolute Gasteiger partial charge is 0.493 e. The molecule has 2 aromatic carbocycles. The van der Waals surface area contributed by atoms with Crippen LogP contribution in [0.4, 0.5) is 0 Å². The van der Waals surface area contributed by atoms with E-state index in [1.54, 1.807) is 18.2 Å². The van der Waals surface area contributed by atoms with Gasteiger partial charge in [-0.3, -0.25) is 4.79 Å². The monoisotopic (exact) mass is 381 g/mol. The van der Waals surface area contributed by atoms with Crippen LogP contribution in [-0.2, 0) is 9.84 Å². The Morgan fingerprint density at radius 1 is 1.20 bits per heavy atom. The minimum Gasteiger partial charge on any atom is -0.493 e. The van der Waals surface area contributed by atoms with E-state index >= 15 is 0 Å². The number of sulfone groups is 1. The van der Waals surface area contributed by atoms with E-state index in [0.717, 1.165) is 17.6 Å². The average molecular weight is 382 g/mol. The van der Waals surface area contributed by atoms with E-state index in [2.05, 4.69) is 5.32 Å². The second kappa shape index (κ2) is 8.36. The second-order valence-corrected chi connectivity index (χ2v) is 8.12. The highest BCUT2D eigenvalue weighted by molar-refractivity contribution is 7.90. The number of hydrogen-bond acceptors (Lipinski definition) is 4. The molecule has 0 aliphatic carbocycles. The summed E-state index contributed by atoms with van der Waals surface area (Å²) in [6.45, 7) is 2.79. The molecule has 0 aromatic heterocycles. The summed E-state index contributed by atoms with van der Waals surface area (Å²) in [6, 6.07) is 11.4. The van der Waals surface area contributed by atoms with E-state index in [0.29, 0.717) is 30.2 Å². The van der Waals surface area contributed by atoms with Crippen molar-refractivity contribution in [2.24, 2.45) is 0 Å². The van der Waals surface area contributed by atoms with Crippen LogP contribution in [0.5, 0.6) is 5.75 Å². The molecule has 0 aliphatic rings. The van der Waals surface area contributed by atoms with Gasteiger partial charge in [-0.05, 0) is 55.3 Å². The normalized spacial score (nSPS) is 11.2. The average Bonchev–Trinajstić information content (AvgIpc) is 2.55. The van der Waals surface area contributed by atoms with E-state index in [4.69, 9.17) is 16.3 Å². The first kappa shape index (κ1) is 19.3. The minimum atomic E-state index is -3.34. The van der Waals surface area contributed by atoms with Crippen molar-refractivity contribution in [2.45, 2.75) is 18.2 Å². The van der Waals surface area contributed by atoms with Gasteiger partial charge in [-0.15, -0.1) is 0 Å². The maximum Gasteiger partial charge on any atom is 0.251 e. The van der Waals surface area contributed by atoms with Crippen molar-refractivity contribution in [3.63, 3.8) is 0 Å². The van der Waals surface area contributed by atoms with Gasteiger partial charge in [0.15, 0.2) is 9.84 Å². The van der Waals surface area contributed by atoms with Gasteiger partial charge in [-0.25, -0.2) is 8.42 Å². The Hall–Kier alpha value is -2.05. The number of aryl methyl sites for hydroxylation is 1. The molecule has 5 nitrogen and oxygen atoms in total. The zero-order valence-corrected chi connectivity index (χ0v) is 15.7.